The number of nitrogens with zero attached hydrogens (tertiary/aromatic N) is 2. The van der Waals surface area contributed by atoms with Crippen LogP contribution in [-0.4, -0.2) is 9.97 Å². The maximum Gasteiger partial charge on any atom is 0.258 e. The normalized spacial score (nSPS) is 10.8. The molecule has 0 fully saturated rings. The third kappa shape index (κ3) is 2.59. The first-order valence-corrected chi connectivity index (χ1v) is 6.86. The fourth-order valence-electron chi connectivity index (χ4n) is 1.69. The van der Waals surface area contributed by atoms with E-state index in [9.17, 15) is 4.39 Å². The second kappa shape index (κ2) is 5.34. The maximum atomic E-state index is 13.7. The third-order valence-electron chi connectivity index (χ3n) is 2.60. The minimum Gasteiger partial charge on any atom is -0.433 e. The third-order valence-corrected chi connectivity index (χ3v) is 3.34. The number of aromatic nitrogens is 2. The van der Waals surface area contributed by atoms with Crippen molar-refractivity contribution in [3.63, 3.8) is 0 Å². The number of fused-ring (bicyclic) bond motifs is 1. The molecule has 0 unspecified atom stereocenters. The fourth-order valence-corrected chi connectivity index (χ4v) is 2.19. The van der Waals surface area contributed by atoms with Crippen molar-refractivity contribution in [3.8, 4) is 11.6 Å². The SMILES string of the molecule is Fc1cc(Br)ccc1Oc1nc2ccccc2nc1Cl. The van der Waals surface area contributed by atoms with Gasteiger partial charge in [-0.1, -0.05) is 39.7 Å². The largest absolute Gasteiger partial charge is 0.433 e. The quantitative estimate of drug-likeness (QED) is 0.652. The Morgan fingerprint density at radius 3 is 2.45 bits per heavy atom. The van der Waals surface area contributed by atoms with E-state index in [1.54, 1.807) is 18.2 Å². The monoisotopic (exact) mass is 352 g/mol. The zero-order chi connectivity index (χ0) is 14.1. The van der Waals surface area contributed by atoms with Crippen molar-refractivity contribution in [1.29, 1.82) is 0 Å². The molecule has 0 aliphatic heterocycles. The van der Waals surface area contributed by atoms with Gasteiger partial charge in [-0.25, -0.2) is 14.4 Å². The summed E-state index contributed by atoms with van der Waals surface area (Å²) < 4.78 is 19.8. The number of halogens is 3. The molecule has 0 amide bonds. The molecule has 0 saturated heterocycles. The second-order valence-electron chi connectivity index (χ2n) is 3.99. The van der Waals surface area contributed by atoms with Crippen LogP contribution in [-0.2, 0) is 0 Å². The average molecular weight is 354 g/mol. The number of hydrogen-bond acceptors (Lipinski definition) is 3. The number of hydrogen-bond donors (Lipinski definition) is 0. The van der Waals surface area contributed by atoms with Crippen LogP contribution in [0.4, 0.5) is 4.39 Å². The Kier molecular flexibility index (Phi) is 3.54. The van der Waals surface area contributed by atoms with E-state index < -0.39 is 5.82 Å². The molecule has 2 aromatic carbocycles. The molecule has 3 aromatic rings. The van der Waals surface area contributed by atoms with E-state index in [1.807, 2.05) is 12.1 Å². The molecule has 3 nitrogen and oxygen atoms in total. The lowest BCUT2D eigenvalue weighted by Gasteiger charge is -2.08. The number of rotatable bonds is 2. The summed E-state index contributed by atoms with van der Waals surface area (Å²) in [4.78, 5) is 8.40. The van der Waals surface area contributed by atoms with Crippen LogP contribution >= 0.6 is 27.5 Å². The highest BCUT2D eigenvalue weighted by Crippen LogP contribution is 2.30. The summed E-state index contributed by atoms with van der Waals surface area (Å²) >= 11 is 9.19. The van der Waals surface area contributed by atoms with Gasteiger partial charge in [-0.05, 0) is 30.3 Å². The second-order valence-corrected chi connectivity index (χ2v) is 5.26. The topological polar surface area (TPSA) is 35.0 Å². The highest BCUT2D eigenvalue weighted by molar-refractivity contribution is 9.10. The zero-order valence-electron chi connectivity index (χ0n) is 9.98. The van der Waals surface area contributed by atoms with Crippen LogP contribution in [0.2, 0.25) is 5.15 Å². The Balaban J connectivity index is 2.03. The van der Waals surface area contributed by atoms with Crippen LogP contribution in [0.5, 0.6) is 11.6 Å². The Labute approximate surface area is 127 Å². The van der Waals surface area contributed by atoms with Crippen LogP contribution in [0.15, 0.2) is 46.9 Å². The van der Waals surface area contributed by atoms with Crippen molar-refractivity contribution in [1.82, 2.24) is 9.97 Å². The minimum atomic E-state index is -0.509. The van der Waals surface area contributed by atoms with Crippen molar-refractivity contribution < 1.29 is 9.13 Å². The summed E-state index contributed by atoms with van der Waals surface area (Å²) in [5.41, 5.74) is 1.28. The van der Waals surface area contributed by atoms with Gasteiger partial charge in [0.15, 0.2) is 16.7 Å². The van der Waals surface area contributed by atoms with Gasteiger partial charge in [0.1, 0.15) is 0 Å². The van der Waals surface area contributed by atoms with Gasteiger partial charge in [-0.3, -0.25) is 0 Å². The smallest absolute Gasteiger partial charge is 0.258 e. The maximum absolute atomic E-state index is 13.7. The van der Waals surface area contributed by atoms with Crippen molar-refractivity contribution in [2.75, 3.05) is 0 Å². The predicted molar refractivity (Wildman–Crippen MR) is 78.7 cm³/mol. The molecular weight excluding hydrogens is 347 g/mol. The van der Waals surface area contributed by atoms with Gasteiger partial charge in [-0.2, -0.15) is 0 Å². The molecule has 6 heteroatoms. The van der Waals surface area contributed by atoms with Crippen LogP contribution < -0.4 is 4.74 Å². The molecule has 100 valence electrons. The molecule has 0 atom stereocenters. The van der Waals surface area contributed by atoms with Crippen molar-refractivity contribution in [2.24, 2.45) is 0 Å². The van der Waals surface area contributed by atoms with E-state index in [1.165, 1.54) is 12.1 Å². The van der Waals surface area contributed by atoms with Crippen LogP contribution in [0.25, 0.3) is 11.0 Å². The molecule has 0 saturated carbocycles. The standard InChI is InChI=1S/C14H7BrClFN2O/c15-8-5-6-12(9(17)7-8)20-14-13(16)18-10-3-1-2-4-11(10)19-14/h1-7H. The van der Waals surface area contributed by atoms with Gasteiger partial charge in [0.05, 0.1) is 11.0 Å². The molecule has 0 spiro atoms. The Hall–Kier alpha value is -1.72. The van der Waals surface area contributed by atoms with Gasteiger partial charge < -0.3 is 4.74 Å². The molecule has 20 heavy (non-hydrogen) atoms. The van der Waals surface area contributed by atoms with Crippen molar-refractivity contribution in [3.05, 3.63) is 57.9 Å². The average Bonchev–Trinajstić information content (AvgIpc) is 2.42. The zero-order valence-corrected chi connectivity index (χ0v) is 12.3. The van der Waals surface area contributed by atoms with Crippen LogP contribution in [0.1, 0.15) is 0 Å². The summed E-state index contributed by atoms with van der Waals surface area (Å²) in [6.07, 6.45) is 0. The molecule has 1 aromatic heterocycles. The molecule has 0 radical (unpaired) electrons. The van der Waals surface area contributed by atoms with Gasteiger partial charge >= 0.3 is 0 Å². The highest BCUT2D eigenvalue weighted by Gasteiger charge is 2.12. The molecule has 0 N–H and O–H groups in total. The summed E-state index contributed by atoms with van der Waals surface area (Å²) in [7, 11) is 0. The van der Waals surface area contributed by atoms with Gasteiger partial charge in [0, 0.05) is 4.47 Å². The van der Waals surface area contributed by atoms with E-state index in [0.717, 1.165) is 0 Å². The molecular formula is C14H7BrClFN2O. The summed E-state index contributed by atoms with van der Waals surface area (Å²) in [6, 6.07) is 11.7. The van der Waals surface area contributed by atoms with Crippen LogP contribution in [0, 0.1) is 5.82 Å². The summed E-state index contributed by atoms with van der Waals surface area (Å²) in [5, 5.41) is 0.0889. The Morgan fingerprint density at radius 1 is 1.05 bits per heavy atom. The highest BCUT2D eigenvalue weighted by atomic mass is 79.9. The molecule has 0 aliphatic rings. The van der Waals surface area contributed by atoms with Crippen molar-refractivity contribution >= 4 is 38.6 Å². The Morgan fingerprint density at radius 2 is 1.75 bits per heavy atom. The predicted octanol–water partition coefficient (Wildman–Crippen LogP) is 4.98. The lowest BCUT2D eigenvalue weighted by Crippen LogP contribution is -1.94. The van der Waals surface area contributed by atoms with Gasteiger partial charge in [-0.15, -0.1) is 0 Å². The van der Waals surface area contributed by atoms with E-state index in [4.69, 9.17) is 16.3 Å². The fraction of sp³-hybridized carbons (Fsp3) is 0. The number of ether oxygens (including phenoxy) is 1. The molecule has 1 heterocycles. The number of para-hydroxylation sites is 2. The number of benzene rings is 2. The van der Waals surface area contributed by atoms with Crippen molar-refractivity contribution in [2.45, 2.75) is 0 Å². The first-order chi connectivity index (χ1) is 9.63. The van der Waals surface area contributed by atoms with E-state index in [2.05, 4.69) is 25.9 Å². The van der Waals surface area contributed by atoms with Crippen LogP contribution in [0.3, 0.4) is 0 Å². The lowest BCUT2D eigenvalue weighted by atomic mass is 10.3. The Bertz CT molecular complexity index is 797. The molecule has 0 bridgehead atoms. The lowest BCUT2D eigenvalue weighted by molar-refractivity contribution is 0.427. The van der Waals surface area contributed by atoms with E-state index in [0.29, 0.717) is 15.5 Å². The first kappa shape index (κ1) is 13.3. The van der Waals surface area contributed by atoms with E-state index >= 15 is 0 Å². The van der Waals surface area contributed by atoms with Gasteiger partial charge in [0.2, 0.25) is 0 Å². The summed E-state index contributed by atoms with van der Waals surface area (Å²) in [5.74, 6) is -0.392. The summed E-state index contributed by atoms with van der Waals surface area (Å²) in [6.45, 7) is 0. The first-order valence-electron chi connectivity index (χ1n) is 5.69. The minimum absolute atomic E-state index is 0.0414. The van der Waals surface area contributed by atoms with E-state index in [-0.39, 0.29) is 16.8 Å². The molecule has 0 aliphatic carbocycles. The molecule has 3 rings (SSSR count). The van der Waals surface area contributed by atoms with Gasteiger partial charge in [0.25, 0.3) is 5.88 Å².